The van der Waals surface area contributed by atoms with Gasteiger partial charge in [-0.05, 0) is 78.7 Å². The van der Waals surface area contributed by atoms with E-state index in [0.29, 0.717) is 0 Å². The highest BCUT2D eigenvalue weighted by Crippen LogP contribution is 2.25. The Bertz CT molecular complexity index is 1350. The molecule has 5 heteroatoms. The smallest absolute Gasteiger partial charge is 0.128 e. The molecular weight excluding hydrogens is 384 g/mol. The fourth-order valence-corrected chi connectivity index (χ4v) is 4.23. The van der Waals surface area contributed by atoms with Gasteiger partial charge in [0.25, 0.3) is 0 Å². The van der Waals surface area contributed by atoms with E-state index in [2.05, 4.69) is 64.5 Å². The fraction of sp³-hybridized carbons (Fsp3) is 0.231. The summed E-state index contributed by atoms with van der Waals surface area (Å²) in [6, 6.07) is 16.9. The van der Waals surface area contributed by atoms with E-state index in [9.17, 15) is 0 Å². The van der Waals surface area contributed by atoms with Crippen molar-refractivity contribution in [1.29, 1.82) is 0 Å². The number of benzene rings is 2. The average molecular weight is 411 g/mol. The molecule has 5 nitrogen and oxygen atoms in total. The highest BCUT2D eigenvalue weighted by molar-refractivity contribution is 5.84. The van der Waals surface area contributed by atoms with E-state index in [0.717, 1.165) is 48.5 Å². The number of fused-ring (bicyclic) bond motifs is 2. The molecule has 0 aliphatic heterocycles. The van der Waals surface area contributed by atoms with Gasteiger partial charge in [-0.3, -0.25) is 0 Å². The van der Waals surface area contributed by atoms with Gasteiger partial charge in [0.2, 0.25) is 0 Å². The van der Waals surface area contributed by atoms with Gasteiger partial charge < -0.3 is 14.7 Å². The number of nitrogens with one attached hydrogen (secondary N) is 2. The molecule has 0 unspecified atom stereocenters. The zero-order chi connectivity index (χ0) is 21.2. The highest BCUT2D eigenvalue weighted by atomic mass is 16.5. The second-order valence-electron chi connectivity index (χ2n) is 8.09. The zero-order valence-electron chi connectivity index (χ0n) is 17.9. The third kappa shape index (κ3) is 4.17. The predicted octanol–water partition coefficient (Wildman–Crippen LogP) is 5.52. The van der Waals surface area contributed by atoms with Crippen molar-refractivity contribution in [3.05, 3.63) is 89.3 Å². The molecule has 5 aromatic rings. The Labute approximate surface area is 181 Å². The van der Waals surface area contributed by atoms with Gasteiger partial charge in [0.1, 0.15) is 11.6 Å². The maximum Gasteiger partial charge on any atom is 0.128 e. The molecule has 0 saturated heterocycles. The van der Waals surface area contributed by atoms with Crippen molar-refractivity contribution in [3.63, 3.8) is 0 Å². The van der Waals surface area contributed by atoms with Crippen LogP contribution in [0.5, 0.6) is 5.75 Å². The number of aromatic nitrogens is 4. The monoisotopic (exact) mass is 410 g/mol. The van der Waals surface area contributed by atoms with Crippen molar-refractivity contribution in [1.82, 2.24) is 19.9 Å². The number of aryl methyl sites for hydroxylation is 3. The molecule has 0 amide bonds. The molecule has 3 heterocycles. The van der Waals surface area contributed by atoms with Gasteiger partial charge in [0, 0.05) is 53.0 Å². The molecule has 0 fully saturated rings. The SMILES string of the molecule is COc1ccc2[nH]cc(CCCc3nccc(Cc4ccc5[nH]c(C)cc5c4)n3)c2c1. The molecule has 0 radical (unpaired) electrons. The van der Waals surface area contributed by atoms with Crippen LogP contribution in [-0.4, -0.2) is 27.0 Å². The molecular formula is C26H26N4O. The summed E-state index contributed by atoms with van der Waals surface area (Å²) >= 11 is 0. The van der Waals surface area contributed by atoms with Gasteiger partial charge >= 0.3 is 0 Å². The van der Waals surface area contributed by atoms with E-state index in [-0.39, 0.29) is 0 Å². The first kappa shape index (κ1) is 19.4. The quantitative estimate of drug-likeness (QED) is 0.371. The van der Waals surface area contributed by atoms with Gasteiger partial charge in [0.15, 0.2) is 0 Å². The van der Waals surface area contributed by atoms with Crippen molar-refractivity contribution in [2.45, 2.75) is 32.6 Å². The minimum Gasteiger partial charge on any atom is -0.497 e. The van der Waals surface area contributed by atoms with Crippen molar-refractivity contribution < 1.29 is 4.74 Å². The summed E-state index contributed by atoms with van der Waals surface area (Å²) in [4.78, 5) is 16.0. The number of methoxy groups -OCH3 is 1. The number of aromatic amines is 2. The lowest BCUT2D eigenvalue weighted by molar-refractivity contribution is 0.415. The Morgan fingerprint density at radius 2 is 1.87 bits per heavy atom. The summed E-state index contributed by atoms with van der Waals surface area (Å²) in [5.74, 6) is 1.80. The molecule has 31 heavy (non-hydrogen) atoms. The molecule has 0 aliphatic carbocycles. The Morgan fingerprint density at radius 1 is 0.968 bits per heavy atom. The molecule has 0 atom stereocenters. The molecule has 2 aromatic carbocycles. The average Bonchev–Trinajstić information content (AvgIpc) is 3.35. The van der Waals surface area contributed by atoms with Crippen LogP contribution in [0.3, 0.4) is 0 Å². The van der Waals surface area contributed by atoms with Crippen LogP contribution in [0.25, 0.3) is 21.8 Å². The third-order valence-electron chi connectivity index (χ3n) is 5.79. The summed E-state index contributed by atoms with van der Waals surface area (Å²) in [5, 5.41) is 2.48. The van der Waals surface area contributed by atoms with Crippen LogP contribution in [0.1, 0.15) is 34.8 Å². The number of hydrogen-bond donors (Lipinski definition) is 2. The van der Waals surface area contributed by atoms with Gasteiger partial charge in [-0.15, -0.1) is 0 Å². The standard InChI is InChI=1S/C26H26N4O/c1-17-12-20-13-18(6-8-24(20)29-17)14-21-10-11-27-26(30-21)5-3-4-19-16-28-25-9-7-22(31-2)15-23(19)25/h6-13,15-16,28-29H,3-5,14H2,1-2H3. The van der Waals surface area contributed by atoms with Crippen LogP contribution in [0.15, 0.2) is 60.9 Å². The van der Waals surface area contributed by atoms with Crippen molar-refractivity contribution in [2.24, 2.45) is 0 Å². The molecule has 0 bridgehead atoms. The summed E-state index contributed by atoms with van der Waals surface area (Å²) < 4.78 is 5.37. The van der Waals surface area contributed by atoms with Gasteiger partial charge in [-0.25, -0.2) is 9.97 Å². The Balaban J connectivity index is 1.25. The van der Waals surface area contributed by atoms with Crippen LogP contribution in [-0.2, 0) is 19.3 Å². The van der Waals surface area contributed by atoms with Crippen LogP contribution in [0.4, 0.5) is 0 Å². The van der Waals surface area contributed by atoms with E-state index in [4.69, 9.17) is 9.72 Å². The van der Waals surface area contributed by atoms with Gasteiger partial charge in [-0.1, -0.05) is 6.07 Å². The Morgan fingerprint density at radius 3 is 2.77 bits per heavy atom. The largest absolute Gasteiger partial charge is 0.497 e. The number of hydrogen-bond acceptors (Lipinski definition) is 3. The minimum absolute atomic E-state index is 0.817. The second kappa shape index (κ2) is 8.26. The van der Waals surface area contributed by atoms with E-state index in [1.807, 2.05) is 18.3 Å². The van der Waals surface area contributed by atoms with Crippen molar-refractivity contribution in [2.75, 3.05) is 7.11 Å². The molecule has 0 saturated carbocycles. The first-order valence-electron chi connectivity index (χ1n) is 10.7. The maximum atomic E-state index is 5.37. The van der Waals surface area contributed by atoms with Crippen LogP contribution in [0.2, 0.25) is 0 Å². The highest BCUT2D eigenvalue weighted by Gasteiger charge is 2.07. The summed E-state index contributed by atoms with van der Waals surface area (Å²) in [6.45, 7) is 2.09. The van der Waals surface area contributed by atoms with E-state index >= 15 is 0 Å². The molecule has 0 spiro atoms. The normalized spacial score (nSPS) is 11.4. The van der Waals surface area contributed by atoms with Crippen molar-refractivity contribution >= 4 is 21.8 Å². The van der Waals surface area contributed by atoms with E-state index in [1.165, 1.54) is 33.1 Å². The predicted molar refractivity (Wildman–Crippen MR) is 125 cm³/mol. The third-order valence-corrected chi connectivity index (χ3v) is 5.79. The molecule has 0 aliphatic rings. The van der Waals surface area contributed by atoms with E-state index in [1.54, 1.807) is 7.11 Å². The van der Waals surface area contributed by atoms with Crippen molar-refractivity contribution in [3.8, 4) is 5.75 Å². The first-order valence-corrected chi connectivity index (χ1v) is 10.7. The number of nitrogens with zero attached hydrogens (tertiary/aromatic N) is 2. The second-order valence-corrected chi connectivity index (χ2v) is 8.09. The summed E-state index contributed by atoms with van der Waals surface area (Å²) in [6.07, 6.45) is 7.64. The Hall–Kier alpha value is -3.60. The van der Waals surface area contributed by atoms with Gasteiger partial charge in [-0.2, -0.15) is 0 Å². The van der Waals surface area contributed by atoms with E-state index < -0.39 is 0 Å². The van der Waals surface area contributed by atoms with Crippen LogP contribution < -0.4 is 4.74 Å². The van der Waals surface area contributed by atoms with Crippen LogP contribution >= 0.6 is 0 Å². The summed E-state index contributed by atoms with van der Waals surface area (Å²) in [7, 11) is 1.70. The summed E-state index contributed by atoms with van der Waals surface area (Å²) in [5.41, 5.74) is 7.14. The van der Waals surface area contributed by atoms with Gasteiger partial charge in [0.05, 0.1) is 7.11 Å². The molecule has 5 rings (SSSR count). The topological polar surface area (TPSA) is 66.6 Å². The first-order chi connectivity index (χ1) is 15.2. The molecule has 3 aromatic heterocycles. The number of rotatable bonds is 7. The number of ether oxygens (including phenoxy) is 1. The maximum absolute atomic E-state index is 5.37. The lowest BCUT2D eigenvalue weighted by Crippen LogP contribution is -2.01. The fourth-order valence-electron chi connectivity index (χ4n) is 4.23. The molecule has 156 valence electrons. The lowest BCUT2D eigenvalue weighted by atomic mass is 10.1. The Kier molecular flexibility index (Phi) is 5.16. The number of H-pyrrole nitrogens is 2. The molecule has 2 N–H and O–H groups in total. The zero-order valence-corrected chi connectivity index (χ0v) is 17.9. The minimum atomic E-state index is 0.817. The lowest BCUT2D eigenvalue weighted by Gasteiger charge is -2.05. The van der Waals surface area contributed by atoms with Crippen LogP contribution in [0, 0.1) is 6.92 Å².